The molecule has 96 valence electrons. The smallest absolute Gasteiger partial charge is 0.473 e. The minimum Gasteiger partial charge on any atom is -0.473 e. The topological polar surface area (TPSA) is 210 Å². The fraction of sp³-hybridized carbons (Fsp3) is 0. The van der Waals surface area contributed by atoms with E-state index in [4.69, 9.17) is 54.7 Å². The highest BCUT2D eigenvalue weighted by Gasteiger charge is 2.04. The standard InChI is InChI=1S/2C2H2O4.BH3O3.Mg.2H/c2*3-1(4)2(5)6;2-1(3)4;;;/h2*(H,3,4)(H,5,6);2-4H;;;. The maximum absolute atomic E-state index is 9.10. The van der Waals surface area contributed by atoms with Crippen LogP contribution in [-0.4, -0.2) is 89.7 Å². The van der Waals surface area contributed by atoms with Crippen molar-refractivity contribution >= 4 is 54.3 Å². The van der Waals surface area contributed by atoms with E-state index in [1.807, 2.05) is 0 Å². The Morgan fingerprint density at radius 2 is 0.647 bits per heavy atom. The average Bonchev–Trinajstić information content (AvgIpc) is 2.03. The van der Waals surface area contributed by atoms with Crippen LogP contribution in [0.4, 0.5) is 0 Å². The summed E-state index contributed by atoms with van der Waals surface area (Å²) in [6.45, 7) is 0. The van der Waals surface area contributed by atoms with Gasteiger partial charge in [0.15, 0.2) is 0 Å². The van der Waals surface area contributed by atoms with Crippen molar-refractivity contribution in [3.05, 3.63) is 0 Å². The molecule has 11 nitrogen and oxygen atoms in total. The van der Waals surface area contributed by atoms with Gasteiger partial charge in [0.1, 0.15) is 0 Å². The third kappa shape index (κ3) is 53.2. The van der Waals surface area contributed by atoms with Crippen LogP contribution in [0.1, 0.15) is 0 Å². The van der Waals surface area contributed by atoms with Crippen LogP contribution in [0.25, 0.3) is 0 Å². The monoisotopic (exact) mass is 268 g/mol. The highest BCUT2D eigenvalue weighted by Crippen LogP contribution is 1.56. The van der Waals surface area contributed by atoms with Crippen molar-refractivity contribution in [3.8, 4) is 0 Å². The normalized spacial score (nSPS) is 6.76. The van der Waals surface area contributed by atoms with Gasteiger partial charge in [-0.15, -0.1) is 0 Å². The van der Waals surface area contributed by atoms with Gasteiger partial charge in [-0.05, 0) is 0 Å². The molecule has 17 heavy (non-hydrogen) atoms. The quantitative estimate of drug-likeness (QED) is 0.164. The lowest BCUT2D eigenvalue weighted by molar-refractivity contribution is -0.159. The molecule has 0 atom stereocenters. The van der Waals surface area contributed by atoms with Crippen molar-refractivity contribution in [1.82, 2.24) is 0 Å². The van der Waals surface area contributed by atoms with Crippen LogP contribution in [0.2, 0.25) is 0 Å². The third-order valence-corrected chi connectivity index (χ3v) is 0.366. The van der Waals surface area contributed by atoms with Crippen molar-refractivity contribution in [2.75, 3.05) is 0 Å². The number of hydrogen-bond acceptors (Lipinski definition) is 7. The van der Waals surface area contributed by atoms with Crippen molar-refractivity contribution < 1.29 is 54.7 Å². The number of aliphatic carboxylic acids is 4. The minimum atomic E-state index is -2.17. The molecule has 0 spiro atoms. The Labute approximate surface area is 109 Å². The van der Waals surface area contributed by atoms with E-state index in [0.717, 1.165) is 0 Å². The van der Waals surface area contributed by atoms with Gasteiger partial charge in [0.25, 0.3) is 0 Å². The molecule has 0 aromatic rings. The van der Waals surface area contributed by atoms with Crippen molar-refractivity contribution in [3.63, 3.8) is 0 Å². The van der Waals surface area contributed by atoms with Crippen molar-refractivity contribution in [1.29, 1.82) is 0 Å². The van der Waals surface area contributed by atoms with E-state index in [2.05, 4.69) is 0 Å². The van der Waals surface area contributed by atoms with E-state index in [9.17, 15) is 0 Å². The Morgan fingerprint density at radius 1 is 0.588 bits per heavy atom. The highest BCUT2D eigenvalue weighted by atomic mass is 24.3. The molecule has 0 unspecified atom stereocenters. The summed E-state index contributed by atoms with van der Waals surface area (Å²) in [5, 5.41) is 51.1. The first-order chi connectivity index (χ1) is 7.02. The number of carboxylic acid groups (broad SMARTS) is 4. The molecule has 0 radical (unpaired) electrons. The van der Waals surface area contributed by atoms with Gasteiger partial charge in [0.2, 0.25) is 0 Å². The molecule has 0 aliphatic carbocycles. The lowest BCUT2D eigenvalue weighted by Gasteiger charge is -1.72. The molecule has 0 aromatic carbocycles. The van der Waals surface area contributed by atoms with Crippen LogP contribution >= 0.6 is 0 Å². The molecular weight excluding hydrogens is 259 g/mol. The second-order valence-electron chi connectivity index (χ2n) is 1.57. The zero-order valence-corrected chi connectivity index (χ0v) is 7.34. The largest absolute Gasteiger partial charge is 0.631 e. The Hall–Kier alpha value is -1.41. The molecule has 0 amide bonds. The molecule has 7 N–H and O–H groups in total. The maximum Gasteiger partial charge on any atom is 0.631 e. The number of carbonyl (C=O) groups is 4. The van der Waals surface area contributed by atoms with E-state index in [1.54, 1.807) is 0 Å². The first-order valence-electron chi connectivity index (χ1n) is 2.99. The second-order valence-corrected chi connectivity index (χ2v) is 1.57. The molecule has 0 saturated heterocycles. The maximum atomic E-state index is 9.10. The van der Waals surface area contributed by atoms with E-state index in [1.165, 1.54) is 0 Å². The highest BCUT2D eigenvalue weighted by molar-refractivity contribution is 6.30. The number of hydrogen-bond donors (Lipinski definition) is 7. The van der Waals surface area contributed by atoms with Crippen molar-refractivity contribution in [2.24, 2.45) is 0 Å². The van der Waals surface area contributed by atoms with Crippen LogP contribution in [0, 0.1) is 0 Å². The lowest BCUT2D eigenvalue weighted by Crippen LogP contribution is -2.09. The summed E-state index contributed by atoms with van der Waals surface area (Å²) in [6.07, 6.45) is 0. The Morgan fingerprint density at radius 3 is 0.647 bits per heavy atom. The Kier molecular flexibility index (Phi) is 21.2. The van der Waals surface area contributed by atoms with Gasteiger partial charge in [-0.1, -0.05) is 0 Å². The predicted octanol–water partition coefficient (Wildman–Crippen LogP) is -4.66. The number of carboxylic acids is 4. The molecule has 0 aliphatic rings. The summed E-state index contributed by atoms with van der Waals surface area (Å²) in [7, 11) is -2.17. The molecule has 0 aromatic heterocycles. The summed E-state index contributed by atoms with van der Waals surface area (Å²) < 4.78 is 0. The SMILES string of the molecule is O=C(O)C(=O)O.O=C(O)C(=O)O.OB(O)O.[MgH2]. The summed E-state index contributed by atoms with van der Waals surface area (Å²) >= 11 is 0. The van der Waals surface area contributed by atoms with Gasteiger partial charge in [0, 0.05) is 0 Å². The molecule has 0 aliphatic heterocycles. The second kappa shape index (κ2) is 14.6. The van der Waals surface area contributed by atoms with Crippen LogP contribution in [0.15, 0.2) is 0 Å². The van der Waals surface area contributed by atoms with Gasteiger partial charge >= 0.3 is 54.3 Å². The Bertz CT molecular complexity index is 211. The van der Waals surface area contributed by atoms with Gasteiger partial charge < -0.3 is 35.5 Å². The Balaban J connectivity index is -0.0000000741. The molecule has 13 heteroatoms. The molecule has 0 fully saturated rings. The third-order valence-electron chi connectivity index (χ3n) is 0.366. The van der Waals surface area contributed by atoms with Gasteiger partial charge in [-0.25, -0.2) is 19.2 Å². The van der Waals surface area contributed by atoms with Gasteiger partial charge in [0.05, 0.1) is 0 Å². The summed E-state index contributed by atoms with van der Waals surface area (Å²) in [6, 6.07) is 0. The zero-order valence-electron chi connectivity index (χ0n) is 7.34. The molecule has 0 heterocycles. The van der Waals surface area contributed by atoms with E-state index in [-0.39, 0.29) is 23.1 Å². The molecule has 0 saturated carbocycles. The first kappa shape index (κ1) is 24.7. The van der Waals surface area contributed by atoms with Crippen LogP contribution < -0.4 is 0 Å². The van der Waals surface area contributed by atoms with Crippen molar-refractivity contribution in [2.45, 2.75) is 0 Å². The van der Waals surface area contributed by atoms with E-state index >= 15 is 0 Å². The summed E-state index contributed by atoms with van der Waals surface area (Å²) in [5.74, 6) is -7.30. The zero-order chi connectivity index (χ0) is 13.9. The number of rotatable bonds is 0. The summed E-state index contributed by atoms with van der Waals surface area (Å²) in [5.41, 5.74) is 0. The minimum absolute atomic E-state index is 0. The average molecular weight is 268 g/mol. The predicted molar refractivity (Wildman–Crippen MR) is 51.5 cm³/mol. The molecule has 0 bridgehead atoms. The van der Waals surface area contributed by atoms with Crippen LogP contribution in [0.5, 0.6) is 0 Å². The lowest BCUT2D eigenvalue weighted by atomic mass is 10.3. The van der Waals surface area contributed by atoms with E-state index < -0.39 is 31.2 Å². The molecular formula is C4H9BMgO11. The molecule has 0 rings (SSSR count). The first-order valence-corrected chi connectivity index (χ1v) is 2.99. The fourth-order valence-electron chi connectivity index (χ4n) is 0. The van der Waals surface area contributed by atoms with Gasteiger partial charge in [-0.2, -0.15) is 0 Å². The van der Waals surface area contributed by atoms with Crippen LogP contribution in [-0.2, 0) is 19.2 Å². The van der Waals surface area contributed by atoms with Crippen LogP contribution in [0.3, 0.4) is 0 Å². The fourth-order valence-corrected chi connectivity index (χ4v) is 0. The van der Waals surface area contributed by atoms with E-state index in [0.29, 0.717) is 0 Å². The summed E-state index contributed by atoms with van der Waals surface area (Å²) in [4.78, 5) is 36.4. The van der Waals surface area contributed by atoms with Gasteiger partial charge in [-0.3, -0.25) is 0 Å².